The number of carbonyl (C=O) groups excluding carboxylic acids is 1. The maximum absolute atomic E-state index is 13.3. The zero-order chi connectivity index (χ0) is 13.1. The van der Waals surface area contributed by atoms with Gasteiger partial charge >= 0.3 is 6.01 Å². The van der Waals surface area contributed by atoms with E-state index in [9.17, 15) is 9.18 Å². The number of ether oxygens (including phenoxy) is 1. The van der Waals surface area contributed by atoms with Crippen LogP contribution in [0.2, 0.25) is 0 Å². The van der Waals surface area contributed by atoms with Crippen molar-refractivity contribution in [3.05, 3.63) is 34.1 Å². The Morgan fingerprint density at radius 2 is 2.33 bits per heavy atom. The Labute approximate surface area is 110 Å². The van der Waals surface area contributed by atoms with E-state index in [1.807, 2.05) is 0 Å². The van der Waals surface area contributed by atoms with Crippen molar-refractivity contribution >= 4 is 27.8 Å². The maximum atomic E-state index is 13.3. The van der Waals surface area contributed by atoms with Crippen LogP contribution in [-0.2, 0) is 0 Å². The average molecular weight is 315 g/mol. The van der Waals surface area contributed by atoms with Gasteiger partial charge in [0.2, 0.25) is 5.95 Å². The zero-order valence-corrected chi connectivity index (χ0v) is 10.8. The second kappa shape index (κ2) is 5.13. The number of nitrogens with zero attached hydrogens (tertiary/aromatic N) is 2. The van der Waals surface area contributed by atoms with E-state index >= 15 is 0 Å². The van der Waals surface area contributed by atoms with Gasteiger partial charge in [-0.15, -0.1) is 5.10 Å². The van der Waals surface area contributed by atoms with Gasteiger partial charge in [0.1, 0.15) is 5.82 Å². The number of nitrogens with one attached hydrogen (secondary N) is 2. The topological polar surface area (TPSA) is 79.9 Å². The van der Waals surface area contributed by atoms with Crippen LogP contribution in [-0.4, -0.2) is 28.2 Å². The summed E-state index contributed by atoms with van der Waals surface area (Å²) in [4.78, 5) is 15.7. The molecule has 0 radical (unpaired) electrons. The van der Waals surface area contributed by atoms with Gasteiger partial charge in [0, 0.05) is 0 Å². The second-order valence-electron chi connectivity index (χ2n) is 3.23. The summed E-state index contributed by atoms with van der Waals surface area (Å²) in [5.74, 6) is -0.911. The Kier molecular flexibility index (Phi) is 3.56. The Hall–Kier alpha value is -1.96. The summed E-state index contributed by atoms with van der Waals surface area (Å²) in [6.45, 7) is 0. The van der Waals surface area contributed by atoms with E-state index < -0.39 is 11.7 Å². The van der Waals surface area contributed by atoms with Gasteiger partial charge < -0.3 is 4.74 Å². The molecule has 1 aromatic heterocycles. The first-order valence-electron chi connectivity index (χ1n) is 4.83. The highest BCUT2D eigenvalue weighted by atomic mass is 79.9. The lowest BCUT2D eigenvalue weighted by Crippen LogP contribution is -2.14. The maximum Gasteiger partial charge on any atom is 0.336 e. The number of carbonyl (C=O) groups is 1. The number of methoxy groups -OCH3 is 1. The second-order valence-corrected chi connectivity index (χ2v) is 4.02. The lowest BCUT2D eigenvalue weighted by Gasteiger charge is -2.04. The van der Waals surface area contributed by atoms with E-state index in [2.05, 4.69) is 36.4 Å². The number of aromatic nitrogens is 3. The molecule has 2 N–H and O–H groups in total. The van der Waals surface area contributed by atoms with Crippen LogP contribution >= 0.6 is 15.9 Å². The minimum absolute atomic E-state index is 0.0916. The molecule has 0 aliphatic rings. The molecule has 8 heteroatoms. The smallest absolute Gasteiger partial charge is 0.336 e. The standard InChI is InChI=1S/C10H8BrFN4O2/c1-18-10-14-9(15-16-10)13-8(17)5-3-2-4-6(12)7(5)11/h2-4H,1H3,(H2,13,14,15,16,17). The van der Waals surface area contributed by atoms with Crippen LogP contribution in [0.4, 0.5) is 10.3 Å². The van der Waals surface area contributed by atoms with Crippen molar-refractivity contribution in [2.45, 2.75) is 0 Å². The normalized spacial score (nSPS) is 10.2. The Bertz CT molecular complexity index is 587. The first kappa shape index (κ1) is 12.5. The molecule has 18 heavy (non-hydrogen) atoms. The quantitative estimate of drug-likeness (QED) is 0.907. The molecular formula is C10H8BrFN4O2. The van der Waals surface area contributed by atoms with Gasteiger partial charge in [0.25, 0.3) is 5.91 Å². The molecule has 1 heterocycles. The molecule has 94 valence electrons. The van der Waals surface area contributed by atoms with Crippen molar-refractivity contribution < 1.29 is 13.9 Å². The van der Waals surface area contributed by atoms with Crippen LogP contribution in [0.1, 0.15) is 10.4 Å². The number of anilines is 1. The minimum atomic E-state index is -0.516. The first-order valence-corrected chi connectivity index (χ1v) is 5.63. The highest BCUT2D eigenvalue weighted by Crippen LogP contribution is 2.21. The van der Waals surface area contributed by atoms with Crippen LogP contribution in [0, 0.1) is 5.82 Å². The lowest BCUT2D eigenvalue weighted by molar-refractivity contribution is 0.102. The summed E-state index contributed by atoms with van der Waals surface area (Å²) in [6.07, 6.45) is 0. The summed E-state index contributed by atoms with van der Waals surface area (Å²) in [5.41, 5.74) is 0.158. The number of amides is 1. The molecule has 1 aromatic carbocycles. The van der Waals surface area contributed by atoms with Crippen LogP contribution < -0.4 is 10.1 Å². The van der Waals surface area contributed by atoms with Crippen molar-refractivity contribution in [2.75, 3.05) is 12.4 Å². The molecule has 0 atom stereocenters. The number of hydrogen-bond acceptors (Lipinski definition) is 4. The van der Waals surface area contributed by atoms with Crippen LogP contribution in [0.3, 0.4) is 0 Å². The van der Waals surface area contributed by atoms with Crippen LogP contribution in [0.15, 0.2) is 22.7 Å². The Morgan fingerprint density at radius 1 is 1.56 bits per heavy atom. The highest BCUT2D eigenvalue weighted by molar-refractivity contribution is 9.10. The predicted octanol–water partition coefficient (Wildman–Crippen LogP) is 1.97. The fraction of sp³-hybridized carbons (Fsp3) is 0.100. The number of aromatic amines is 1. The molecular weight excluding hydrogens is 307 g/mol. The number of benzene rings is 1. The molecule has 0 aliphatic carbocycles. The molecule has 1 amide bonds. The summed E-state index contributed by atoms with van der Waals surface area (Å²) in [6, 6.07) is 4.27. The van der Waals surface area contributed by atoms with Gasteiger partial charge in [-0.25, -0.2) is 9.49 Å². The van der Waals surface area contributed by atoms with E-state index in [1.54, 1.807) is 0 Å². The van der Waals surface area contributed by atoms with Gasteiger partial charge in [-0.3, -0.25) is 10.1 Å². The zero-order valence-electron chi connectivity index (χ0n) is 9.20. The van der Waals surface area contributed by atoms with Crippen molar-refractivity contribution in [3.8, 4) is 6.01 Å². The largest absolute Gasteiger partial charge is 0.466 e. The third kappa shape index (κ3) is 2.48. The highest BCUT2D eigenvalue weighted by Gasteiger charge is 2.14. The number of hydrogen-bond donors (Lipinski definition) is 2. The van der Waals surface area contributed by atoms with E-state index in [4.69, 9.17) is 4.74 Å². The summed E-state index contributed by atoms with van der Waals surface area (Å²) < 4.78 is 18.1. The molecule has 0 bridgehead atoms. The molecule has 0 saturated heterocycles. The molecule has 6 nitrogen and oxygen atoms in total. The summed E-state index contributed by atoms with van der Waals surface area (Å²) in [5, 5.41) is 8.56. The Morgan fingerprint density at radius 3 is 3.00 bits per heavy atom. The SMILES string of the molecule is COc1n[nH]c(NC(=O)c2cccc(F)c2Br)n1. The number of halogens is 2. The van der Waals surface area contributed by atoms with Gasteiger partial charge in [-0.1, -0.05) is 6.07 Å². The predicted molar refractivity (Wildman–Crippen MR) is 65.0 cm³/mol. The van der Waals surface area contributed by atoms with E-state index in [0.717, 1.165) is 0 Å². The van der Waals surface area contributed by atoms with E-state index in [0.29, 0.717) is 0 Å². The molecule has 0 unspecified atom stereocenters. The number of rotatable bonds is 3. The van der Waals surface area contributed by atoms with Gasteiger partial charge in [-0.05, 0) is 28.1 Å². The fourth-order valence-electron chi connectivity index (χ4n) is 1.25. The van der Waals surface area contributed by atoms with Gasteiger partial charge in [0.05, 0.1) is 17.1 Å². The molecule has 0 saturated carbocycles. The van der Waals surface area contributed by atoms with Gasteiger partial charge in [-0.2, -0.15) is 4.98 Å². The molecule has 0 fully saturated rings. The van der Waals surface area contributed by atoms with Crippen LogP contribution in [0.25, 0.3) is 0 Å². The minimum Gasteiger partial charge on any atom is -0.466 e. The van der Waals surface area contributed by atoms with Crippen molar-refractivity contribution in [3.63, 3.8) is 0 Å². The lowest BCUT2D eigenvalue weighted by atomic mass is 10.2. The molecule has 0 spiro atoms. The van der Waals surface area contributed by atoms with E-state index in [-0.39, 0.29) is 22.0 Å². The van der Waals surface area contributed by atoms with Crippen molar-refractivity contribution in [1.82, 2.24) is 15.2 Å². The fourth-order valence-corrected chi connectivity index (χ4v) is 1.69. The molecule has 0 aliphatic heterocycles. The van der Waals surface area contributed by atoms with Crippen LogP contribution in [0.5, 0.6) is 6.01 Å². The van der Waals surface area contributed by atoms with Crippen molar-refractivity contribution in [2.24, 2.45) is 0 Å². The third-order valence-electron chi connectivity index (χ3n) is 2.08. The van der Waals surface area contributed by atoms with Crippen molar-refractivity contribution in [1.29, 1.82) is 0 Å². The summed E-state index contributed by atoms with van der Waals surface area (Å²) in [7, 11) is 1.40. The Balaban J connectivity index is 2.19. The number of H-pyrrole nitrogens is 1. The molecule has 2 rings (SSSR count). The van der Waals surface area contributed by atoms with E-state index in [1.165, 1.54) is 25.3 Å². The third-order valence-corrected chi connectivity index (χ3v) is 2.88. The van der Waals surface area contributed by atoms with Gasteiger partial charge in [0.15, 0.2) is 0 Å². The summed E-state index contributed by atoms with van der Waals surface area (Å²) >= 11 is 3.01. The first-order chi connectivity index (χ1) is 8.61. The molecule has 2 aromatic rings. The average Bonchev–Trinajstić information content (AvgIpc) is 2.80. The monoisotopic (exact) mass is 314 g/mol.